The second-order valence-corrected chi connectivity index (χ2v) is 7.48. The second-order valence-electron chi connectivity index (χ2n) is 7.05. The maximum Gasteiger partial charge on any atom is 0.335 e. The number of amides is 3. The molecule has 0 heterocycles. The van der Waals surface area contributed by atoms with Crippen LogP contribution in [-0.4, -0.2) is 34.8 Å². The molecule has 1 atom stereocenters. The van der Waals surface area contributed by atoms with Crippen LogP contribution in [0.15, 0.2) is 78.9 Å². The van der Waals surface area contributed by atoms with Crippen LogP contribution >= 0.6 is 11.6 Å². The zero-order valence-corrected chi connectivity index (χ0v) is 18.0. The summed E-state index contributed by atoms with van der Waals surface area (Å²) < 4.78 is 0. The van der Waals surface area contributed by atoms with Crippen LogP contribution in [0.5, 0.6) is 0 Å². The summed E-state index contributed by atoms with van der Waals surface area (Å²) in [7, 11) is 0. The third-order valence-corrected chi connectivity index (χ3v) is 4.86. The van der Waals surface area contributed by atoms with E-state index in [2.05, 4.69) is 16.0 Å². The van der Waals surface area contributed by atoms with Crippen molar-refractivity contribution in [3.05, 3.63) is 95.0 Å². The number of carbonyl (C=O) groups excluding carboxylic acids is 3. The minimum Gasteiger partial charge on any atom is -0.478 e. The van der Waals surface area contributed by atoms with E-state index in [9.17, 15) is 19.2 Å². The molecule has 8 nitrogen and oxygen atoms in total. The van der Waals surface area contributed by atoms with E-state index in [0.29, 0.717) is 16.4 Å². The molecule has 0 saturated heterocycles. The molecule has 9 heteroatoms. The molecule has 0 aromatic heterocycles. The SMILES string of the molecule is O=C(Nc1ccc(Cl)cc1)C(=O)N[C@@H](Cc1ccccc1)C(=O)Nc1ccc(C(=O)O)cc1. The fraction of sp³-hybridized carbons (Fsp3) is 0.0833. The van der Waals surface area contributed by atoms with E-state index in [4.69, 9.17) is 16.7 Å². The molecule has 3 rings (SSSR count). The van der Waals surface area contributed by atoms with Crippen molar-refractivity contribution in [2.45, 2.75) is 12.5 Å². The third kappa shape index (κ3) is 6.91. The molecule has 0 bridgehead atoms. The summed E-state index contributed by atoms with van der Waals surface area (Å²) in [5, 5.41) is 17.0. The van der Waals surface area contributed by atoms with E-state index in [1.165, 1.54) is 24.3 Å². The number of hydrogen-bond acceptors (Lipinski definition) is 4. The van der Waals surface area contributed by atoms with Crippen molar-refractivity contribution >= 4 is 46.7 Å². The van der Waals surface area contributed by atoms with Gasteiger partial charge in [-0.2, -0.15) is 0 Å². The predicted octanol–water partition coefficient (Wildman–Crippen LogP) is 3.34. The summed E-state index contributed by atoms with van der Waals surface area (Å²) >= 11 is 5.82. The fourth-order valence-corrected chi connectivity index (χ4v) is 3.06. The van der Waals surface area contributed by atoms with Crippen molar-refractivity contribution < 1.29 is 24.3 Å². The van der Waals surface area contributed by atoms with Crippen LogP contribution in [0.2, 0.25) is 5.02 Å². The molecule has 0 fully saturated rings. The number of carbonyl (C=O) groups is 4. The van der Waals surface area contributed by atoms with Crippen LogP contribution in [0.1, 0.15) is 15.9 Å². The summed E-state index contributed by atoms with van der Waals surface area (Å²) in [6.45, 7) is 0. The lowest BCUT2D eigenvalue weighted by Gasteiger charge is -2.18. The number of halogens is 1. The molecule has 0 aliphatic rings. The molecule has 0 aliphatic carbocycles. The Hall–Kier alpha value is -4.17. The largest absolute Gasteiger partial charge is 0.478 e. The number of hydrogen-bond donors (Lipinski definition) is 4. The highest BCUT2D eigenvalue weighted by atomic mass is 35.5. The average Bonchev–Trinajstić information content (AvgIpc) is 2.81. The lowest BCUT2D eigenvalue weighted by Crippen LogP contribution is -2.48. The van der Waals surface area contributed by atoms with Crippen LogP contribution in [0, 0.1) is 0 Å². The van der Waals surface area contributed by atoms with Gasteiger partial charge in [-0.15, -0.1) is 0 Å². The Kier molecular flexibility index (Phi) is 7.77. The predicted molar refractivity (Wildman–Crippen MR) is 124 cm³/mol. The van der Waals surface area contributed by atoms with Gasteiger partial charge in [-0.05, 0) is 54.1 Å². The molecule has 3 amide bonds. The maximum absolute atomic E-state index is 12.9. The lowest BCUT2D eigenvalue weighted by atomic mass is 10.0. The van der Waals surface area contributed by atoms with Crippen molar-refractivity contribution in [2.24, 2.45) is 0 Å². The number of anilines is 2. The van der Waals surface area contributed by atoms with Crippen LogP contribution in [-0.2, 0) is 20.8 Å². The molecule has 0 spiro atoms. The Morgan fingerprint density at radius 1 is 0.758 bits per heavy atom. The summed E-state index contributed by atoms with van der Waals surface area (Å²) in [6, 6.07) is 19.7. The summed E-state index contributed by atoms with van der Waals surface area (Å²) in [5.74, 6) is -3.57. The van der Waals surface area contributed by atoms with Gasteiger partial charge in [0.25, 0.3) is 0 Å². The van der Waals surface area contributed by atoms with Gasteiger partial charge in [-0.1, -0.05) is 41.9 Å². The number of nitrogens with one attached hydrogen (secondary N) is 3. The molecule has 0 unspecified atom stereocenters. The summed E-state index contributed by atoms with van der Waals surface area (Å²) in [4.78, 5) is 48.7. The summed E-state index contributed by atoms with van der Waals surface area (Å²) in [5.41, 5.74) is 1.57. The zero-order chi connectivity index (χ0) is 23.8. The number of aromatic carboxylic acids is 1. The highest BCUT2D eigenvalue weighted by Gasteiger charge is 2.25. The smallest absolute Gasteiger partial charge is 0.335 e. The Bertz CT molecular complexity index is 1150. The number of carboxylic acids is 1. The topological polar surface area (TPSA) is 125 Å². The first-order valence-electron chi connectivity index (χ1n) is 9.87. The van der Waals surface area contributed by atoms with Gasteiger partial charge >= 0.3 is 17.8 Å². The van der Waals surface area contributed by atoms with E-state index in [0.717, 1.165) is 5.56 Å². The third-order valence-electron chi connectivity index (χ3n) is 4.61. The Balaban J connectivity index is 1.71. The van der Waals surface area contributed by atoms with Gasteiger partial charge < -0.3 is 21.1 Å². The highest BCUT2D eigenvalue weighted by Crippen LogP contribution is 2.14. The van der Waals surface area contributed by atoms with Crippen LogP contribution in [0.4, 0.5) is 11.4 Å². The van der Waals surface area contributed by atoms with E-state index in [1.54, 1.807) is 48.5 Å². The molecule has 3 aromatic carbocycles. The van der Waals surface area contributed by atoms with Crippen LogP contribution < -0.4 is 16.0 Å². The molecule has 33 heavy (non-hydrogen) atoms. The Morgan fingerprint density at radius 3 is 1.94 bits per heavy atom. The number of rotatable bonds is 7. The van der Waals surface area contributed by atoms with E-state index in [1.807, 2.05) is 6.07 Å². The van der Waals surface area contributed by atoms with E-state index < -0.39 is 29.7 Å². The van der Waals surface area contributed by atoms with E-state index in [-0.39, 0.29) is 12.0 Å². The maximum atomic E-state index is 12.9. The van der Waals surface area contributed by atoms with Crippen LogP contribution in [0.25, 0.3) is 0 Å². The van der Waals surface area contributed by atoms with Gasteiger partial charge in [-0.3, -0.25) is 14.4 Å². The quantitative estimate of drug-likeness (QED) is 0.398. The minimum atomic E-state index is -1.09. The van der Waals surface area contributed by atoms with Crippen molar-refractivity contribution in [3.8, 4) is 0 Å². The van der Waals surface area contributed by atoms with Gasteiger partial charge in [-0.25, -0.2) is 4.79 Å². The zero-order valence-electron chi connectivity index (χ0n) is 17.2. The molecule has 168 valence electrons. The Morgan fingerprint density at radius 2 is 1.33 bits per heavy atom. The number of carboxylic acid groups (broad SMARTS) is 1. The molecule has 0 aliphatic heterocycles. The Labute approximate surface area is 194 Å². The van der Waals surface area contributed by atoms with Crippen LogP contribution in [0.3, 0.4) is 0 Å². The molecule has 3 aromatic rings. The minimum absolute atomic E-state index is 0.0704. The van der Waals surface area contributed by atoms with Gasteiger partial charge in [0.15, 0.2) is 0 Å². The standard InChI is InChI=1S/C24H20ClN3O5/c25-17-8-12-19(13-9-17)27-22(30)23(31)28-20(14-15-4-2-1-3-5-15)21(29)26-18-10-6-16(7-11-18)24(32)33/h1-13,20H,14H2,(H,26,29)(H,27,30)(H,28,31)(H,32,33)/t20-/m0/s1. The lowest BCUT2D eigenvalue weighted by molar-refractivity contribution is -0.137. The first kappa shape index (κ1) is 23.5. The molecule has 0 radical (unpaired) electrons. The van der Waals surface area contributed by atoms with Gasteiger partial charge in [0, 0.05) is 22.8 Å². The first-order chi connectivity index (χ1) is 15.8. The number of benzene rings is 3. The second kappa shape index (κ2) is 10.9. The first-order valence-corrected chi connectivity index (χ1v) is 10.2. The van der Waals surface area contributed by atoms with Gasteiger partial charge in [0.1, 0.15) is 6.04 Å². The van der Waals surface area contributed by atoms with E-state index >= 15 is 0 Å². The van der Waals surface area contributed by atoms with Gasteiger partial charge in [0.2, 0.25) is 5.91 Å². The van der Waals surface area contributed by atoms with Crippen molar-refractivity contribution in [3.63, 3.8) is 0 Å². The van der Waals surface area contributed by atoms with Crippen molar-refractivity contribution in [1.82, 2.24) is 5.32 Å². The van der Waals surface area contributed by atoms with Gasteiger partial charge in [0.05, 0.1) is 5.56 Å². The fourth-order valence-electron chi connectivity index (χ4n) is 2.93. The highest BCUT2D eigenvalue weighted by molar-refractivity contribution is 6.40. The normalized spacial score (nSPS) is 11.2. The molecular weight excluding hydrogens is 446 g/mol. The summed E-state index contributed by atoms with van der Waals surface area (Å²) in [6.07, 6.45) is 0.139. The monoisotopic (exact) mass is 465 g/mol. The average molecular weight is 466 g/mol. The molecule has 4 N–H and O–H groups in total. The van der Waals surface area contributed by atoms with Crippen molar-refractivity contribution in [1.29, 1.82) is 0 Å². The van der Waals surface area contributed by atoms with Crippen molar-refractivity contribution in [2.75, 3.05) is 10.6 Å². The molecule has 0 saturated carbocycles. The molecular formula is C24H20ClN3O5.